The Balaban J connectivity index is 1.58. The van der Waals surface area contributed by atoms with Crippen molar-refractivity contribution in [2.45, 2.75) is 24.5 Å². The first-order valence-electron chi connectivity index (χ1n) is 8.82. The van der Waals surface area contributed by atoms with Gasteiger partial charge in [-0.1, -0.05) is 11.6 Å². The molecule has 1 atom stereocenters. The summed E-state index contributed by atoms with van der Waals surface area (Å²) in [7, 11) is -3.78. The molecule has 0 bridgehead atoms. The van der Waals surface area contributed by atoms with Crippen LogP contribution in [0.3, 0.4) is 0 Å². The first kappa shape index (κ1) is 22.2. The molecule has 0 radical (unpaired) electrons. The zero-order chi connectivity index (χ0) is 21.7. The van der Waals surface area contributed by atoms with Crippen LogP contribution in [0.2, 0.25) is 5.02 Å². The Morgan fingerprint density at radius 3 is 2.53 bits per heavy atom. The maximum atomic E-state index is 12.9. The van der Waals surface area contributed by atoms with E-state index in [1.807, 2.05) is 0 Å². The van der Waals surface area contributed by atoms with E-state index in [0.29, 0.717) is 27.2 Å². The van der Waals surface area contributed by atoms with E-state index >= 15 is 0 Å². The fourth-order valence-corrected chi connectivity index (χ4v) is 4.56. The minimum absolute atomic E-state index is 0.128. The fourth-order valence-electron chi connectivity index (χ4n) is 2.43. The van der Waals surface area contributed by atoms with Gasteiger partial charge in [-0.2, -0.15) is 0 Å². The highest BCUT2D eigenvalue weighted by molar-refractivity contribution is 7.92. The van der Waals surface area contributed by atoms with Gasteiger partial charge in [0.25, 0.3) is 0 Å². The number of nitrogens with zero attached hydrogens (tertiary/aromatic N) is 1. The second kappa shape index (κ2) is 9.55. The number of ether oxygens (including phenoxy) is 1. The van der Waals surface area contributed by atoms with Crippen molar-refractivity contribution in [2.24, 2.45) is 0 Å². The molecule has 2 aromatic carbocycles. The molecule has 0 saturated carbocycles. The van der Waals surface area contributed by atoms with E-state index in [2.05, 4.69) is 10.3 Å². The standard InChI is InChI=1S/C20H18ClFN2O4S2/c1-13(20(25)24-16-6-2-14(21)3-7-16)30(26,27)12-17-11-29-19(23-17)10-28-18-8-4-15(22)5-9-18/h2-9,11,13H,10,12H2,1H3,(H,24,25). The van der Waals surface area contributed by atoms with Crippen LogP contribution in [0.4, 0.5) is 10.1 Å². The number of nitrogens with one attached hydrogen (secondary N) is 1. The summed E-state index contributed by atoms with van der Waals surface area (Å²) in [6, 6.07) is 11.9. The van der Waals surface area contributed by atoms with E-state index in [-0.39, 0.29) is 18.2 Å². The molecule has 0 spiro atoms. The Labute approximate surface area is 182 Å². The van der Waals surface area contributed by atoms with Gasteiger partial charge in [-0.3, -0.25) is 4.79 Å². The molecule has 6 nitrogen and oxygen atoms in total. The first-order valence-corrected chi connectivity index (χ1v) is 11.8. The summed E-state index contributed by atoms with van der Waals surface area (Å²) in [4.78, 5) is 16.6. The van der Waals surface area contributed by atoms with Crippen LogP contribution in [0.5, 0.6) is 5.75 Å². The minimum Gasteiger partial charge on any atom is -0.486 e. The largest absolute Gasteiger partial charge is 0.486 e. The Morgan fingerprint density at radius 2 is 1.87 bits per heavy atom. The monoisotopic (exact) mass is 468 g/mol. The Morgan fingerprint density at radius 1 is 1.20 bits per heavy atom. The first-order chi connectivity index (χ1) is 14.2. The number of halogens is 2. The number of thiazole rings is 1. The zero-order valence-electron chi connectivity index (χ0n) is 15.8. The van der Waals surface area contributed by atoms with Crippen molar-refractivity contribution in [3.8, 4) is 5.75 Å². The lowest BCUT2D eigenvalue weighted by molar-refractivity contribution is -0.115. The highest BCUT2D eigenvalue weighted by atomic mass is 35.5. The van der Waals surface area contributed by atoms with Gasteiger partial charge in [0.2, 0.25) is 5.91 Å². The van der Waals surface area contributed by atoms with Crippen LogP contribution in [0.15, 0.2) is 53.9 Å². The van der Waals surface area contributed by atoms with Gasteiger partial charge in [0.05, 0.1) is 11.4 Å². The van der Waals surface area contributed by atoms with Crippen LogP contribution in [-0.4, -0.2) is 24.6 Å². The summed E-state index contributed by atoms with van der Waals surface area (Å²) in [5, 5.41) is 4.01. The molecule has 1 N–H and O–H groups in total. The fraction of sp³-hybridized carbons (Fsp3) is 0.200. The van der Waals surface area contributed by atoms with Crippen molar-refractivity contribution < 1.29 is 22.3 Å². The molecule has 1 heterocycles. The van der Waals surface area contributed by atoms with E-state index in [0.717, 1.165) is 0 Å². The van der Waals surface area contributed by atoms with Gasteiger partial charge in [0.1, 0.15) is 28.4 Å². The van der Waals surface area contributed by atoms with E-state index in [9.17, 15) is 17.6 Å². The van der Waals surface area contributed by atoms with Gasteiger partial charge in [-0.05, 0) is 55.5 Å². The SMILES string of the molecule is CC(C(=O)Nc1ccc(Cl)cc1)S(=O)(=O)Cc1csc(COc2ccc(F)cc2)n1. The third kappa shape index (κ3) is 6.01. The van der Waals surface area contributed by atoms with Gasteiger partial charge >= 0.3 is 0 Å². The number of carbonyl (C=O) groups is 1. The topological polar surface area (TPSA) is 85.4 Å². The number of sulfone groups is 1. The maximum Gasteiger partial charge on any atom is 0.242 e. The van der Waals surface area contributed by atoms with E-state index < -0.39 is 21.0 Å². The molecule has 1 amide bonds. The highest BCUT2D eigenvalue weighted by Crippen LogP contribution is 2.19. The molecule has 0 saturated heterocycles. The third-order valence-corrected chi connectivity index (χ3v) is 7.26. The Bertz CT molecular complexity index is 1120. The molecule has 1 aromatic heterocycles. The number of aromatic nitrogens is 1. The molecular weight excluding hydrogens is 451 g/mol. The molecule has 158 valence electrons. The van der Waals surface area contributed by atoms with Crippen molar-refractivity contribution in [1.82, 2.24) is 4.98 Å². The summed E-state index contributed by atoms with van der Waals surface area (Å²) in [5.41, 5.74) is 0.796. The van der Waals surface area contributed by atoms with Crippen molar-refractivity contribution in [2.75, 3.05) is 5.32 Å². The second-order valence-corrected chi connectivity index (χ2v) is 10.1. The van der Waals surface area contributed by atoms with Gasteiger partial charge in [-0.15, -0.1) is 11.3 Å². The van der Waals surface area contributed by atoms with Crippen LogP contribution in [0.25, 0.3) is 0 Å². The predicted molar refractivity (Wildman–Crippen MR) is 115 cm³/mol. The quantitative estimate of drug-likeness (QED) is 0.527. The number of hydrogen-bond acceptors (Lipinski definition) is 6. The van der Waals surface area contributed by atoms with Gasteiger partial charge in [-0.25, -0.2) is 17.8 Å². The predicted octanol–water partition coefficient (Wildman–Crippen LogP) is 4.46. The summed E-state index contributed by atoms with van der Waals surface area (Å²) in [5.74, 6) is -0.881. The van der Waals surface area contributed by atoms with Crippen LogP contribution in [0.1, 0.15) is 17.6 Å². The second-order valence-electron chi connectivity index (χ2n) is 6.42. The number of amides is 1. The van der Waals surface area contributed by atoms with Crippen molar-refractivity contribution in [3.05, 3.63) is 75.5 Å². The summed E-state index contributed by atoms with van der Waals surface area (Å²) in [6.45, 7) is 1.47. The van der Waals surface area contributed by atoms with Gasteiger partial charge < -0.3 is 10.1 Å². The molecule has 1 unspecified atom stereocenters. The molecule has 0 aliphatic carbocycles. The lowest BCUT2D eigenvalue weighted by Crippen LogP contribution is -2.33. The molecule has 0 fully saturated rings. The number of hydrogen-bond donors (Lipinski definition) is 1. The molecule has 10 heteroatoms. The van der Waals surface area contributed by atoms with Crippen molar-refractivity contribution >= 4 is 44.4 Å². The molecule has 3 aromatic rings. The highest BCUT2D eigenvalue weighted by Gasteiger charge is 2.29. The van der Waals surface area contributed by atoms with Crippen molar-refractivity contribution in [1.29, 1.82) is 0 Å². The Kier molecular flexibility index (Phi) is 7.06. The lowest BCUT2D eigenvalue weighted by Gasteiger charge is -2.12. The van der Waals surface area contributed by atoms with Gasteiger partial charge in [0, 0.05) is 16.1 Å². The van der Waals surface area contributed by atoms with E-state index in [4.69, 9.17) is 16.3 Å². The normalized spacial score (nSPS) is 12.4. The number of carbonyl (C=O) groups excluding carboxylic acids is 1. The van der Waals surface area contributed by atoms with Gasteiger partial charge in [0.15, 0.2) is 9.84 Å². The van der Waals surface area contributed by atoms with E-state index in [1.54, 1.807) is 29.6 Å². The average Bonchev–Trinajstić information content (AvgIpc) is 3.15. The smallest absolute Gasteiger partial charge is 0.242 e. The molecule has 3 rings (SSSR count). The van der Waals surface area contributed by atoms with Crippen LogP contribution < -0.4 is 10.1 Å². The molecule has 30 heavy (non-hydrogen) atoms. The molecule has 0 aliphatic rings. The number of anilines is 1. The van der Waals surface area contributed by atoms with Crippen molar-refractivity contribution in [3.63, 3.8) is 0 Å². The molecular formula is C20H18ClFN2O4S2. The Hall–Kier alpha value is -2.49. The van der Waals surface area contributed by atoms with Crippen LogP contribution in [0, 0.1) is 5.82 Å². The third-order valence-electron chi connectivity index (χ3n) is 4.14. The number of benzene rings is 2. The number of rotatable bonds is 8. The lowest BCUT2D eigenvalue weighted by atomic mass is 10.3. The van der Waals surface area contributed by atoms with Crippen LogP contribution in [-0.2, 0) is 27.0 Å². The maximum absolute atomic E-state index is 12.9. The molecule has 0 aliphatic heterocycles. The average molecular weight is 469 g/mol. The minimum atomic E-state index is -3.78. The van der Waals surface area contributed by atoms with Crippen LogP contribution >= 0.6 is 22.9 Å². The summed E-state index contributed by atoms with van der Waals surface area (Å²) < 4.78 is 43.7. The summed E-state index contributed by atoms with van der Waals surface area (Å²) in [6.07, 6.45) is 0. The zero-order valence-corrected chi connectivity index (χ0v) is 18.2. The van der Waals surface area contributed by atoms with E-state index in [1.165, 1.54) is 42.5 Å². The summed E-state index contributed by atoms with van der Waals surface area (Å²) >= 11 is 7.05.